The van der Waals surface area contributed by atoms with E-state index in [1.165, 1.54) is 12.8 Å². The van der Waals surface area contributed by atoms with E-state index < -0.39 is 0 Å². The molecule has 2 aromatic rings. The maximum Gasteiger partial charge on any atom is 0.227 e. The molecule has 2 aliphatic rings. The van der Waals surface area contributed by atoms with Crippen LogP contribution < -0.4 is 4.90 Å². The number of aromatic amines is 1. The van der Waals surface area contributed by atoms with Crippen molar-refractivity contribution in [1.82, 2.24) is 30.2 Å². The van der Waals surface area contributed by atoms with Gasteiger partial charge in [-0.25, -0.2) is 0 Å². The molecule has 0 amide bonds. The Bertz CT molecular complexity index is 660. The van der Waals surface area contributed by atoms with E-state index in [2.05, 4.69) is 48.9 Å². The van der Waals surface area contributed by atoms with E-state index in [1.54, 1.807) is 6.20 Å². The number of aromatic nitrogens is 6. The molecule has 0 saturated carbocycles. The molecule has 2 aliphatic heterocycles. The topological polar surface area (TPSA) is 84.8 Å². The first kappa shape index (κ1) is 15.6. The number of anilines is 1. The number of hydrogen-bond donors (Lipinski definition) is 1. The van der Waals surface area contributed by atoms with Crippen LogP contribution in [0.25, 0.3) is 11.5 Å². The summed E-state index contributed by atoms with van der Waals surface area (Å²) in [6.07, 6.45) is 4.11. The lowest BCUT2D eigenvalue weighted by molar-refractivity contribution is 0.174. The lowest BCUT2D eigenvalue weighted by Gasteiger charge is -2.21. The normalized spacial score (nSPS) is 24.4. The van der Waals surface area contributed by atoms with E-state index in [4.69, 9.17) is 4.74 Å². The van der Waals surface area contributed by atoms with Crippen LogP contribution in [0.4, 0.5) is 5.95 Å². The number of nitrogens with one attached hydrogen (secondary N) is 1. The van der Waals surface area contributed by atoms with Gasteiger partial charge in [-0.2, -0.15) is 15.4 Å². The third kappa shape index (κ3) is 2.90. The van der Waals surface area contributed by atoms with Crippen molar-refractivity contribution in [3.8, 4) is 11.5 Å². The van der Waals surface area contributed by atoms with Gasteiger partial charge >= 0.3 is 0 Å². The molecule has 8 nitrogen and oxygen atoms in total. The third-order valence-electron chi connectivity index (χ3n) is 5.06. The second-order valence-electron chi connectivity index (χ2n) is 7.30. The molecule has 4 rings (SSSR count). The Labute approximate surface area is 141 Å². The number of rotatable bonds is 5. The van der Waals surface area contributed by atoms with Crippen LogP contribution in [0.3, 0.4) is 0 Å². The van der Waals surface area contributed by atoms with Crippen LogP contribution in [0.2, 0.25) is 0 Å². The molecule has 130 valence electrons. The van der Waals surface area contributed by atoms with Crippen molar-refractivity contribution in [3.05, 3.63) is 6.20 Å². The first-order chi connectivity index (χ1) is 11.7. The summed E-state index contributed by atoms with van der Waals surface area (Å²) in [5.41, 5.74) is 0.745. The summed E-state index contributed by atoms with van der Waals surface area (Å²) in [4.78, 5) is 2.38. The van der Waals surface area contributed by atoms with Gasteiger partial charge in [-0.1, -0.05) is 13.8 Å². The summed E-state index contributed by atoms with van der Waals surface area (Å²) in [6.45, 7) is 9.21. The Morgan fingerprint density at radius 3 is 2.92 bits per heavy atom. The summed E-state index contributed by atoms with van der Waals surface area (Å²) in [5.74, 6) is 3.66. The molecule has 2 aromatic heterocycles. The molecule has 0 aromatic carbocycles. The Balaban J connectivity index is 1.58. The first-order valence-electron chi connectivity index (χ1n) is 8.84. The van der Waals surface area contributed by atoms with E-state index in [9.17, 15) is 0 Å². The zero-order chi connectivity index (χ0) is 16.5. The highest BCUT2D eigenvalue weighted by molar-refractivity contribution is 5.51. The Kier molecular flexibility index (Phi) is 4.22. The molecule has 0 radical (unpaired) electrons. The lowest BCUT2D eigenvalue weighted by atomic mass is 9.91. The van der Waals surface area contributed by atoms with Gasteiger partial charge in [0.05, 0.1) is 6.20 Å². The molecule has 8 heteroatoms. The Morgan fingerprint density at radius 2 is 2.21 bits per heavy atom. The molecule has 2 atom stereocenters. The molecular formula is C16H25N7O. The van der Waals surface area contributed by atoms with Crippen LogP contribution >= 0.6 is 0 Å². The van der Waals surface area contributed by atoms with Crippen LogP contribution in [0.1, 0.15) is 26.7 Å². The van der Waals surface area contributed by atoms with Crippen molar-refractivity contribution < 1.29 is 4.74 Å². The molecule has 24 heavy (non-hydrogen) atoms. The molecule has 2 unspecified atom stereocenters. The van der Waals surface area contributed by atoms with Crippen LogP contribution in [-0.2, 0) is 11.3 Å². The highest BCUT2D eigenvalue weighted by Gasteiger charge is 2.34. The van der Waals surface area contributed by atoms with Crippen LogP contribution in [0.15, 0.2) is 6.20 Å². The van der Waals surface area contributed by atoms with Gasteiger partial charge in [-0.05, 0) is 30.6 Å². The molecule has 1 N–H and O–H groups in total. The van der Waals surface area contributed by atoms with E-state index in [-0.39, 0.29) is 0 Å². The lowest BCUT2D eigenvalue weighted by Crippen LogP contribution is -2.26. The van der Waals surface area contributed by atoms with Gasteiger partial charge in [0.2, 0.25) is 5.95 Å². The highest BCUT2D eigenvalue weighted by Crippen LogP contribution is 2.33. The standard InChI is InChI=1S/C16H25N7O/c1-11(2)8-23-15(14-7-17-21-18-14)19-20-16(23)22-5-3-12(9-22)13-4-6-24-10-13/h7,11-13H,3-6,8-10H2,1-2H3,(H,17,18,21). The van der Waals surface area contributed by atoms with Crippen LogP contribution in [0.5, 0.6) is 0 Å². The maximum absolute atomic E-state index is 5.57. The molecular weight excluding hydrogens is 306 g/mol. The second kappa shape index (κ2) is 6.51. The number of hydrogen-bond acceptors (Lipinski definition) is 6. The smallest absolute Gasteiger partial charge is 0.227 e. The molecule has 4 heterocycles. The zero-order valence-electron chi connectivity index (χ0n) is 14.4. The summed E-state index contributed by atoms with van der Waals surface area (Å²) >= 11 is 0. The molecule has 0 aliphatic carbocycles. The van der Waals surface area contributed by atoms with E-state index in [0.29, 0.717) is 17.8 Å². The van der Waals surface area contributed by atoms with Crippen molar-refractivity contribution >= 4 is 5.95 Å². The van der Waals surface area contributed by atoms with Gasteiger partial charge in [-0.15, -0.1) is 10.2 Å². The number of nitrogens with zero attached hydrogens (tertiary/aromatic N) is 6. The summed E-state index contributed by atoms with van der Waals surface area (Å²) in [6, 6.07) is 0. The van der Waals surface area contributed by atoms with Crippen molar-refractivity contribution in [2.24, 2.45) is 17.8 Å². The molecule has 0 spiro atoms. The SMILES string of the molecule is CC(C)Cn1c(-c2cn[nH]n2)nnc1N1CCC(C2CCOC2)C1. The zero-order valence-corrected chi connectivity index (χ0v) is 14.4. The predicted molar refractivity (Wildman–Crippen MR) is 89.5 cm³/mol. The van der Waals surface area contributed by atoms with Gasteiger partial charge in [0.1, 0.15) is 5.69 Å². The van der Waals surface area contributed by atoms with E-state index in [1.807, 2.05) is 0 Å². The van der Waals surface area contributed by atoms with Crippen LogP contribution in [-0.4, -0.2) is 56.5 Å². The highest BCUT2D eigenvalue weighted by atomic mass is 16.5. The van der Waals surface area contributed by atoms with E-state index in [0.717, 1.165) is 50.3 Å². The largest absolute Gasteiger partial charge is 0.381 e. The van der Waals surface area contributed by atoms with Crippen molar-refractivity contribution in [3.63, 3.8) is 0 Å². The average Bonchev–Trinajstić information content (AvgIpc) is 3.33. The molecule has 2 saturated heterocycles. The monoisotopic (exact) mass is 331 g/mol. The van der Waals surface area contributed by atoms with E-state index >= 15 is 0 Å². The quantitative estimate of drug-likeness (QED) is 0.895. The van der Waals surface area contributed by atoms with Gasteiger partial charge in [0, 0.05) is 32.8 Å². The van der Waals surface area contributed by atoms with Crippen molar-refractivity contribution in [1.29, 1.82) is 0 Å². The fraction of sp³-hybridized carbons (Fsp3) is 0.750. The second-order valence-corrected chi connectivity index (χ2v) is 7.30. The molecule has 2 fully saturated rings. The third-order valence-corrected chi connectivity index (χ3v) is 5.06. The van der Waals surface area contributed by atoms with Crippen molar-refractivity contribution in [2.75, 3.05) is 31.2 Å². The molecule has 0 bridgehead atoms. The summed E-state index contributed by atoms with van der Waals surface area (Å²) in [7, 11) is 0. The minimum absolute atomic E-state index is 0.507. The van der Waals surface area contributed by atoms with Crippen molar-refractivity contribution in [2.45, 2.75) is 33.2 Å². The van der Waals surface area contributed by atoms with Gasteiger partial charge in [0.25, 0.3) is 0 Å². The fourth-order valence-electron chi connectivity index (χ4n) is 3.84. The fourth-order valence-corrected chi connectivity index (χ4v) is 3.84. The minimum Gasteiger partial charge on any atom is -0.381 e. The van der Waals surface area contributed by atoms with Gasteiger partial charge < -0.3 is 9.64 Å². The maximum atomic E-state index is 5.57. The Morgan fingerprint density at radius 1 is 1.29 bits per heavy atom. The Hall–Kier alpha value is -1.96. The summed E-state index contributed by atoms with van der Waals surface area (Å²) < 4.78 is 7.76. The van der Waals surface area contributed by atoms with Gasteiger partial charge in [-0.3, -0.25) is 4.57 Å². The number of H-pyrrole nitrogens is 1. The van der Waals surface area contributed by atoms with Crippen LogP contribution in [0, 0.1) is 17.8 Å². The number of ether oxygens (including phenoxy) is 1. The summed E-state index contributed by atoms with van der Waals surface area (Å²) in [5, 5.41) is 19.6. The van der Waals surface area contributed by atoms with Gasteiger partial charge in [0.15, 0.2) is 5.82 Å². The average molecular weight is 331 g/mol. The minimum atomic E-state index is 0.507. The first-order valence-corrected chi connectivity index (χ1v) is 8.84. The predicted octanol–water partition coefficient (Wildman–Crippen LogP) is 1.58.